The molecule has 0 spiro atoms. The Morgan fingerprint density at radius 1 is 1.37 bits per heavy atom. The van der Waals surface area contributed by atoms with Gasteiger partial charge in [-0.15, -0.1) is 0 Å². The van der Waals surface area contributed by atoms with Crippen LogP contribution in [0.5, 0.6) is 5.75 Å². The van der Waals surface area contributed by atoms with Gasteiger partial charge in [-0.3, -0.25) is 0 Å². The second-order valence-electron chi connectivity index (χ2n) is 3.76. The fraction of sp³-hybridized carbons (Fsp3) is 0.385. The molecule has 0 bridgehead atoms. The van der Waals surface area contributed by atoms with E-state index in [-0.39, 0.29) is 17.9 Å². The maximum Gasteiger partial charge on any atom is 0.347 e. The number of hydrogen-bond acceptors (Lipinski definition) is 6. The summed E-state index contributed by atoms with van der Waals surface area (Å²) in [6, 6.07) is 4.49. The third-order valence-electron chi connectivity index (χ3n) is 2.33. The van der Waals surface area contributed by atoms with Crippen LogP contribution in [-0.4, -0.2) is 31.8 Å². The van der Waals surface area contributed by atoms with Crippen LogP contribution in [0.25, 0.3) is 0 Å². The van der Waals surface area contributed by atoms with Gasteiger partial charge in [0.15, 0.2) is 6.10 Å². The molecule has 6 nitrogen and oxygen atoms in total. The van der Waals surface area contributed by atoms with Crippen molar-refractivity contribution in [3.05, 3.63) is 23.8 Å². The minimum atomic E-state index is -0.842. The predicted molar refractivity (Wildman–Crippen MR) is 68.9 cm³/mol. The molecule has 1 rings (SSSR count). The first-order valence-electron chi connectivity index (χ1n) is 5.80. The van der Waals surface area contributed by atoms with Crippen molar-refractivity contribution in [3.8, 4) is 5.75 Å². The fourth-order valence-corrected chi connectivity index (χ4v) is 1.41. The number of methoxy groups -OCH3 is 1. The van der Waals surface area contributed by atoms with Gasteiger partial charge in [0.25, 0.3) is 0 Å². The van der Waals surface area contributed by atoms with Crippen LogP contribution in [0.15, 0.2) is 18.2 Å². The van der Waals surface area contributed by atoms with Crippen molar-refractivity contribution in [1.29, 1.82) is 0 Å². The summed E-state index contributed by atoms with van der Waals surface area (Å²) in [5.41, 5.74) is 6.25. The molecule has 6 heteroatoms. The molecule has 0 aliphatic heterocycles. The van der Waals surface area contributed by atoms with E-state index in [1.165, 1.54) is 26.2 Å². The molecule has 1 atom stereocenters. The topological polar surface area (TPSA) is 87.9 Å². The van der Waals surface area contributed by atoms with E-state index >= 15 is 0 Å². The molecule has 104 valence electrons. The minimum absolute atomic E-state index is 0.187. The normalized spacial score (nSPS) is 11.5. The summed E-state index contributed by atoms with van der Waals surface area (Å²) in [6.07, 6.45) is -0.842. The first kappa shape index (κ1) is 14.8. The summed E-state index contributed by atoms with van der Waals surface area (Å²) < 4.78 is 14.9. The van der Waals surface area contributed by atoms with Gasteiger partial charge in [0.1, 0.15) is 11.3 Å². The van der Waals surface area contributed by atoms with Gasteiger partial charge in [-0.05, 0) is 26.0 Å². The number of rotatable bonds is 5. The third-order valence-corrected chi connectivity index (χ3v) is 2.33. The summed E-state index contributed by atoms with van der Waals surface area (Å²) in [5, 5.41) is 0. The monoisotopic (exact) mass is 267 g/mol. The average molecular weight is 267 g/mol. The number of anilines is 1. The standard InChI is InChI=1S/C13H17NO5/c1-4-18-12(15)8(2)19-11-7-9(14)5-6-10(11)13(16)17-3/h5-8H,4,14H2,1-3H3. The van der Waals surface area contributed by atoms with Gasteiger partial charge < -0.3 is 19.9 Å². The highest BCUT2D eigenvalue weighted by Gasteiger charge is 2.20. The number of carbonyl (C=O) groups is 2. The van der Waals surface area contributed by atoms with Crippen LogP contribution in [0.3, 0.4) is 0 Å². The van der Waals surface area contributed by atoms with E-state index in [9.17, 15) is 9.59 Å². The molecule has 0 aromatic heterocycles. The highest BCUT2D eigenvalue weighted by atomic mass is 16.6. The zero-order valence-electron chi connectivity index (χ0n) is 11.1. The Bertz CT molecular complexity index is 472. The zero-order chi connectivity index (χ0) is 14.4. The minimum Gasteiger partial charge on any atom is -0.478 e. The van der Waals surface area contributed by atoms with Gasteiger partial charge in [-0.1, -0.05) is 0 Å². The Balaban J connectivity index is 2.95. The molecule has 0 amide bonds. The summed E-state index contributed by atoms with van der Waals surface area (Å²) in [7, 11) is 1.26. The molecule has 0 heterocycles. The van der Waals surface area contributed by atoms with Crippen molar-refractivity contribution in [2.24, 2.45) is 0 Å². The number of benzene rings is 1. The molecule has 0 saturated carbocycles. The lowest BCUT2D eigenvalue weighted by Crippen LogP contribution is -2.26. The molecule has 2 N–H and O–H groups in total. The quantitative estimate of drug-likeness (QED) is 0.640. The zero-order valence-corrected chi connectivity index (χ0v) is 11.1. The van der Waals surface area contributed by atoms with Gasteiger partial charge in [0.05, 0.1) is 13.7 Å². The van der Waals surface area contributed by atoms with Crippen molar-refractivity contribution in [2.75, 3.05) is 19.5 Å². The SMILES string of the molecule is CCOC(=O)C(C)Oc1cc(N)ccc1C(=O)OC. The van der Waals surface area contributed by atoms with Crippen LogP contribution in [0.4, 0.5) is 5.69 Å². The van der Waals surface area contributed by atoms with Crippen LogP contribution in [0, 0.1) is 0 Å². The van der Waals surface area contributed by atoms with Gasteiger partial charge in [-0.25, -0.2) is 9.59 Å². The average Bonchev–Trinajstić information content (AvgIpc) is 2.38. The molecule has 0 saturated heterocycles. The second-order valence-corrected chi connectivity index (χ2v) is 3.76. The fourth-order valence-electron chi connectivity index (χ4n) is 1.41. The van der Waals surface area contributed by atoms with E-state index in [2.05, 4.69) is 4.74 Å². The number of nitrogens with two attached hydrogens (primary N) is 1. The highest BCUT2D eigenvalue weighted by Crippen LogP contribution is 2.24. The second kappa shape index (κ2) is 6.63. The van der Waals surface area contributed by atoms with Crippen LogP contribution in [0.2, 0.25) is 0 Å². The van der Waals surface area contributed by atoms with Crippen molar-refractivity contribution >= 4 is 17.6 Å². The molecule has 19 heavy (non-hydrogen) atoms. The highest BCUT2D eigenvalue weighted by molar-refractivity contribution is 5.93. The molecule has 0 aliphatic rings. The van der Waals surface area contributed by atoms with Gasteiger partial charge in [0.2, 0.25) is 0 Å². The van der Waals surface area contributed by atoms with Crippen molar-refractivity contribution in [1.82, 2.24) is 0 Å². The van der Waals surface area contributed by atoms with E-state index in [1.807, 2.05) is 0 Å². The number of nitrogen functional groups attached to an aromatic ring is 1. The van der Waals surface area contributed by atoms with E-state index in [0.29, 0.717) is 5.69 Å². The Hall–Kier alpha value is -2.24. The van der Waals surface area contributed by atoms with Crippen molar-refractivity contribution in [3.63, 3.8) is 0 Å². The Morgan fingerprint density at radius 3 is 2.63 bits per heavy atom. The largest absolute Gasteiger partial charge is 0.478 e. The first-order valence-corrected chi connectivity index (χ1v) is 5.80. The van der Waals surface area contributed by atoms with Crippen molar-refractivity contribution < 1.29 is 23.8 Å². The molecular weight excluding hydrogens is 250 g/mol. The lowest BCUT2D eigenvalue weighted by molar-refractivity contribution is -0.150. The van der Waals surface area contributed by atoms with Crippen LogP contribution < -0.4 is 10.5 Å². The number of carbonyl (C=O) groups excluding carboxylic acids is 2. The lowest BCUT2D eigenvalue weighted by Gasteiger charge is -2.15. The van der Waals surface area contributed by atoms with E-state index in [4.69, 9.17) is 15.2 Å². The first-order chi connectivity index (χ1) is 8.99. The summed E-state index contributed by atoms with van der Waals surface area (Å²) in [6.45, 7) is 3.49. The molecule has 0 radical (unpaired) electrons. The van der Waals surface area contributed by atoms with E-state index in [1.54, 1.807) is 13.0 Å². The summed E-state index contributed by atoms with van der Waals surface area (Å²) >= 11 is 0. The van der Waals surface area contributed by atoms with Gasteiger partial charge in [0, 0.05) is 11.8 Å². The Kier molecular flexibility index (Phi) is 5.17. The molecule has 1 aromatic rings. The summed E-state index contributed by atoms with van der Waals surface area (Å²) in [4.78, 5) is 23.1. The molecule has 1 aromatic carbocycles. The van der Waals surface area contributed by atoms with Gasteiger partial charge >= 0.3 is 11.9 Å². The predicted octanol–water partition coefficient (Wildman–Crippen LogP) is 1.39. The van der Waals surface area contributed by atoms with Crippen LogP contribution in [0.1, 0.15) is 24.2 Å². The van der Waals surface area contributed by atoms with Crippen LogP contribution >= 0.6 is 0 Å². The maximum absolute atomic E-state index is 11.6. The lowest BCUT2D eigenvalue weighted by atomic mass is 10.2. The molecular formula is C13H17NO5. The molecule has 0 fully saturated rings. The molecule has 0 aliphatic carbocycles. The van der Waals surface area contributed by atoms with Crippen molar-refractivity contribution in [2.45, 2.75) is 20.0 Å². The van der Waals surface area contributed by atoms with Crippen LogP contribution in [-0.2, 0) is 14.3 Å². The Morgan fingerprint density at radius 2 is 2.05 bits per heavy atom. The number of esters is 2. The van der Waals surface area contributed by atoms with E-state index in [0.717, 1.165) is 0 Å². The summed E-state index contributed by atoms with van der Waals surface area (Å²) in [5.74, 6) is -0.890. The Labute approximate surface area is 111 Å². The van der Waals surface area contributed by atoms with E-state index < -0.39 is 18.0 Å². The molecule has 1 unspecified atom stereocenters. The smallest absolute Gasteiger partial charge is 0.347 e. The number of hydrogen-bond donors (Lipinski definition) is 1. The number of ether oxygens (including phenoxy) is 3. The maximum atomic E-state index is 11.6. The van der Waals surface area contributed by atoms with Gasteiger partial charge in [-0.2, -0.15) is 0 Å². The third kappa shape index (κ3) is 3.87.